The summed E-state index contributed by atoms with van der Waals surface area (Å²) in [5.74, 6) is 2.05. The lowest BCUT2D eigenvalue weighted by molar-refractivity contribution is -0.123. The Morgan fingerprint density at radius 3 is 2.96 bits per heavy atom. The second kappa shape index (κ2) is 6.57. The van der Waals surface area contributed by atoms with Gasteiger partial charge in [0.1, 0.15) is 0 Å². The highest BCUT2D eigenvalue weighted by Crippen LogP contribution is 2.40. The minimum absolute atomic E-state index is 0.0540. The second-order valence-electron chi connectivity index (χ2n) is 6.83. The summed E-state index contributed by atoms with van der Waals surface area (Å²) in [6, 6.07) is 0.111. The van der Waals surface area contributed by atoms with Gasteiger partial charge in [-0.25, -0.2) is 0 Å². The Balaban J connectivity index is 1.30. The maximum atomic E-state index is 12.2. The smallest absolute Gasteiger partial charge is 0.234 e. The lowest BCUT2D eigenvalue weighted by atomic mass is 10.2. The van der Waals surface area contributed by atoms with Crippen LogP contribution in [-0.4, -0.2) is 53.3 Å². The van der Waals surface area contributed by atoms with Crippen molar-refractivity contribution in [3.8, 4) is 0 Å². The molecule has 7 heteroatoms. The van der Waals surface area contributed by atoms with Crippen LogP contribution in [-0.2, 0) is 9.53 Å². The van der Waals surface area contributed by atoms with Crippen LogP contribution in [0.15, 0.2) is 4.52 Å². The van der Waals surface area contributed by atoms with Crippen molar-refractivity contribution < 1.29 is 14.1 Å². The van der Waals surface area contributed by atoms with E-state index in [9.17, 15) is 4.79 Å². The Bertz CT molecular complexity index is 551. The number of nitrogens with one attached hydrogen (secondary N) is 1. The molecule has 3 aliphatic rings. The molecule has 2 saturated heterocycles. The largest absolute Gasteiger partial charge is 0.376 e. The number of hydrogen-bond donors (Lipinski definition) is 1. The molecule has 126 valence electrons. The summed E-state index contributed by atoms with van der Waals surface area (Å²) in [5, 5.41) is 7.13. The van der Waals surface area contributed by atoms with Crippen molar-refractivity contribution in [2.24, 2.45) is 0 Å². The molecule has 4 rings (SSSR count). The molecule has 3 fully saturated rings. The molecule has 1 aliphatic carbocycles. The molecule has 0 unspecified atom stereocenters. The van der Waals surface area contributed by atoms with Crippen molar-refractivity contribution in [1.82, 2.24) is 20.4 Å². The van der Waals surface area contributed by atoms with Crippen LogP contribution >= 0.6 is 0 Å². The molecule has 0 spiro atoms. The Morgan fingerprint density at radius 1 is 1.26 bits per heavy atom. The first kappa shape index (κ1) is 15.1. The number of hydrogen-bond acceptors (Lipinski definition) is 6. The van der Waals surface area contributed by atoms with Crippen LogP contribution < -0.4 is 5.32 Å². The molecule has 3 heterocycles. The van der Waals surface area contributed by atoms with Crippen LogP contribution in [0.5, 0.6) is 0 Å². The van der Waals surface area contributed by atoms with E-state index in [1.54, 1.807) is 0 Å². The lowest BCUT2D eigenvalue weighted by Gasteiger charge is -2.21. The zero-order valence-electron chi connectivity index (χ0n) is 13.4. The number of rotatable bonds is 6. The van der Waals surface area contributed by atoms with Crippen molar-refractivity contribution in [3.63, 3.8) is 0 Å². The predicted molar refractivity (Wildman–Crippen MR) is 81.8 cm³/mol. The Hall–Kier alpha value is -1.47. The summed E-state index contributed by atoms with van der Waals surface area (Å²) in [7, 11) is 0. The van der Waals surface area contributed by atoms with Gasteiger partial charge in [0.2, 0.25) is 11.8 Å². The van der Waals surface area contributed by atoms with Crippen LogP contribution in [0.1, 0.15) is 62.2 Å². The van der Waals surface area contributed by atoms with Gasteiger partial charge in [0.25, 0.3) is 0 Å². The number of carbonyl (C=O) groups excluding carboxylic acids is 1. The van der Waals surface area contributed by atoms with Gasteiger partial charge in [0.15, 0.2) is 5.82 Å². The number of carbonyl (C=O) groups is 1. The number of aromatic nitrogens is 2. The predicted octanol–water partition coefficient (Wildman–Crippen LogP) is 1.38. The van der Waals surface area contributed by atoms with Gasteiger partial charge in [-0.15, -0.1) is 0 Å². The summed E-state index contributed by atoms with van der Waals surface area (Å²) >= 11 is 0. The lowest BCUT2D eigenvalue weighted by Crippen LogP contribution is -2.40. The van der Waals surface area contributed by atoms with Crippen LogP contribution in [0, 0.1) is 0 Å². The monoisotopic (exact) mass is 320 g/mol. The molecule has 1 N–H and O–H groups in total. The Labute approximate surface area is 135 Å². The fraction of sp³-hybridized carbons (Fsp3) is 0.812. The van der Waals surface area contributed by atoms with Crippen LogP contribution in [0.4, 0.5) is 0 Å². The van der Waals surface area contributed by atoms with E-state index in [1.807, 2.05) is 0 Å². The molecule has 1 aromatic heterocycles. The number of amides is 1. The highest BCUT2D eigenvalue weighted by atomic mass is 16.5. The third-order valence-electron chi connectivity index (χ3n) is 4.94. The first-order valence-electron chi connectivity index (χ1n) is 8.75. The summed E-state index contributed by atoms with van der Waals surface area (Å²) in [5.41, 5.74) is 0. The number of nitrogens with zero attached hydrogens (tertiary/aromatic N) is 3. The molecule has 1 aromatic rings. The van der Waals surface area contributed by atoms with Crippen molar-refractivity contribution >= 4 is 5.91 Å². The molecule has 2 atom stereocenters. The molecule has 0 radical (unpaired) electrons. The molecular weight excluding hydrogens is 296 g/mol. The average Bonchev–Trinajstić information content (AvgIpc) is 2.99. The van der Waals surface area contributed by atoms with Gasteiger partial charge in [-0.2, -0.15) is 4.98 Å². The van der Waals surface area contributed by atoms with Gasteiger partial charge >= 0.3 is 0 Å². The number of ether oxygens (including phenoxy) is 1. The Kier molecular flexibility index (Phi) is 4.31. The van der Waals surface area contributed by atoms with Gasteiger partial charge in [0, 0.05) is 19.1 Å². The second-order valence-corrected chi connectivity index (χ2v) is 6.83. The molecule has 0 aromatic carbocycles. The van der Waals surface area contributed by atoms with Gasteiger partial charge in [-0.3, -0.25) is 9.69 Å². The zero-order chi connectivity index (χ0) is 15.6. The quantitative estimate of drug-likeness (QED) is 0.853. The van der Waals surface area contributed by atoms with Crippen molar-refractivity contribution in [2.45, 2.75) is 56.6 Å². The van der Waals surface area contributed by atoms with E-state index in [-0.39, 0.29) is 18.1 Å². The maximum absolute atomic E-state index is 12.2. The summed E-state index contributed by atoms with van der Waals surface area (Å²) in [6.45, 7) is 2.73. The molecule has 1 amide bonds. The third kappa shape index (κ3) is 3.55. The minimum Gasteiger partial charge on any atom is -0.376 e. The minimum atomic E-state index is 0.0540. The van der Waals surface area contributed by atoms with E-state index in [0.717, 1.165) is 63.4 Å². The highest BCUT2D eigenvalue weighted by molar-refractivity contribution is 5.78. The molecule has 7 nitrogen and oxygen atoms in total. The first-order chi connectivity index (χ1) is 11.3. The van der Waals surface area contributed by atoms with Gasteiger partial charge in [-0.05, 0) is 45.1 Å². The van der Waals surface area contributed by atoms with Crippen molar-refractivity contribution in [3.05, 3.63) is 11.7 Å². The topological polar surface area (TPSA) is 80.5 Å². The molecule has 0 bridgehead atoms. The summed E-state index contributed by atoms with van der Waals surface area (Å²) in [6.07, 6.45) is 6.68. The van der Waals surface area contributed by atoms with Crippen LogP contribution in [0.3, 0.4) is 0 Å². The van der Waals surface area contributed by atoms with Gasteiger partial charge in [0.05, 0.1) is 18.7 Å². The third-order valence-corrected chi connectivity index (χ3v) is 4.94. The van der Waals surface area contributed by atoms with E-state index < -0.39 is 0 Å². The van der Waals surface area contributed by atoms with E-state index in [0.29, 0.717) is 19.0 Å². The van der Waals surface area contributed by atoms with Gasteiger partial charge < -0.3 is 14.6 Å². The fourth-order valence-corrected chi connectivity index (χ4v) is 3.46. The maximum Gasteiger partial charge on any atom is 0.234 e. The molecule has 23 heavy (non-hydrogen) atoms. The van der Waals surface area contributed by atoms with E-state index >= 15 is 0 Å². The van der Waals surface area contributed by atoms with Crippen LogP contribution in [0.2, 0.25) is 0 Å². The van der Waals surface area contributed by atoms with E-state index in [2.05, 4.69) is 20.4 Å². The normalized spacial score (nSPS) is 28.3. The summed E-state index contributed by atoms with van der Waals surface area (Å²) < 4.78 is 10.9. The van der Waals surface area contributed by atoms with Crippen LogP contribution in [0.25, 0.3) is 0 Å². The fourth-order valence-electron chi connectivity index (χ4n) is 3.46. The van der Waals surface area contributed by atoms with E-state index in [4.69, 9.17) is 9.26 Å². The van der Waals surface area contributed by atoms with Crippen molar-refractivity contribution in [1.29, 1.82) is 0 Å². The summed E-state index contributed by atoms with van der Waals surface area (Å²) in [4.78, 5) is 18.9. The SMILES string of the molecule is O=C(CN1CCC[C@H]1c1noc(C2CC2)n1)NC[C@@H]1CCCO1. The standard InChI is InChI=1S/C16H24N4O3/c21-14(17-9-12-3-2-8-22-12)10-20-7-1-4-13(20)15-18-16(23-19-15)11-5-6-11/h11-13H,1-10H2,(H,17,21)/t12-,13-/m0/s1. The van der Waals surface area contributed by atoms with Crippen molar-refractivity contribution in [2.75, 3.05) is 26.2 Å². The van der Waals surface area contributed by atoms with Gasteiger partial charge in [-0.1, -0.05) is 5.16 Å². The molecule has 1 saturated carbocycles. The first-order valence-corrected chi connectivity index (χ1v) is 8.75. The number of likely N-dealkylation sites (tertiary alicyclic amines) is 1. The molecular formula is C16H24N4O3. The zero-order valence-corrected chi connectivity index (χ0v) is 13.4. The Morgan fingerprint density at radius 2 is 2.17 bits per heavy atom. The average molecular weight is 320 g/mol. The molecule has 2 aliphatic heterocycles. The van der Waals surface area contributed by atoms with E-state index in [1.165, 1.54) is 0 Å². The highest BCUT2D eigenvalue weighted by Gasteiger charge is 2.34.